The van der Waals surface area contributed by atoms with Gasteiger partial charge in [-0.15, -0.1) is 0 Å². The number of nitrogens with two attached hydrogens (primary N) is 2. The molecule has 2 bridgehead atoms. The second-order valence-electron chi connectivity index (χ2n) is 10.3. The summed E-state index contributed by atoms with van der Waals surface area (Å²) in [6, 6.07) is 0. The minimum atomic E-state index is -5.16. The third-order valence-corrected chi connectivity index (χ3v) is 9.36. The van der Waals surface area contributed by atoms with E-state index in [0.29, 0.717) is 0 Å². The molecule has 4 aromatic rings. The highest BCUT2D eigenvalue weighted by atomic mass is 31.2. The van der Waals surface area contributed by atoms with Crippen molar-refractivity contribution in [2.75, 3.05) is 24.7 Å². The zero-order chi connectivity index (χ0) is 32.7. The number of aliphatic hydroxyl groups excluding tert-OH is 2. The van der Waals surface area contributed by atoms with E-state index >= 15 is 0 Å². The molecule has 0 spiro atoms. The van der Waals surface area contributed by atoms with Gasteiger partial charge in [-0.2, -0.15) is 9.97 Å². The molecule has 10 atom stereocenters. The van der Waals surface area contributed by atoms with Crippen LogP contribution in [0.3, 0.4) is 0 Å². The van der Waals surface area contributed by atoms with E-state index in [2.05, 4.69) is 29.9 Å². The van der Waals surface area contributed by atoms with Gasteiger partial charge < -0.3 is 40.9 Å². The Kier molecular flexibility index (Phi) is 7.39. The number of hydrogen-bond acceptors (Lipinski definition) is 18. The van der Waals surface area contributed by atoms with Crippen LogP contribution in [0.4, 0.5) is 11.9 Å². The number of aromatic nitrogens is 8. The molecule has 2 unspecified atom stereocenters. The maximum Gasteiger partial charge on any atom is 0.472 e. The van der Waals surface area contributed by atoms with Crippen molar-refractivity contribution in [2.45, 2.75) is 49.1 Å². The predicted octanol–water partition coefficient (Wildman–Crippen LogP) is -3.05. The summed E-state index contributed by atoms with van der Waals surface area (Å²) in [4.78, 5) is 66.1. The highest BCUT2D eigenvalue weighted by Crippen LogP contribution is 2.53. The standard InChI is InChI=1S/C20H24N10O14P2/c21-19-25-13-7(15(33)27-19)23-3-29(13)17-10(32)11-6(42-17)2-40-46(37,38)44-12-9(31)5(1-39-45(35,36)43-11)41-18(12)30-4-24-8-14(30)26-20(22)28-16(8)34/h3-6,9-12,17-18,31-32H,1-2H2,(H,35,36)(H,37,38)(H3,21,25,27,33)(H3,22,26,28,34)/t5-,6-,9-,10-,11-,12-,17-,18-/m1/s1. The quantitative estimate of drug-likeness (QED) is 0.0968. The molecule has 3 saturated heterocycles. The van der Waals surface area contributed by atoms with Crippen molar-refractivity contribution in [3.8, 4) is 0 Å². The van der Waals surface area contributed by atoms with E-state index in [1.807, 2.05) is 0 Å². The maximum atomic E-state index is 13.2. The lowest BCUT2D eigenvalue weighted by Gasteiger charge is -2.25. The first-order chi connectivity index (χ1) is 21.7. The van der Waals surface area contributed by atoms with Crippen LogP contribution in [0.25, 0.3) is 22.3 Å². The summed E-state index contributed by atoms with van der Waals surface area (Å²) in [7, 11) is -10.3. The molecule has 26 heteroatoms. The van der Waals surface area contributed by atoms with Gasteiger partial charge in [0.15, 0.2) is 34.8 Å². The molecule has 10 N–H and O–H groups in total. The van der Waals surface area contributed by atoms with Crippen LogP contribution < -0.4 is 22.6 Å². The molecular weight excluding hydrogens is 666 g/mol. The van der Waals surface area contributed by atoms with E-state index in [-0.39, 0.29) is 34.2 Å². The van der Waals surface area contributed by atoms with Crippen molar-refractivity contribution < 1.29 is 56.7 Å². The molecule has 3 aliphatic rings. The monoisotopic (exact) mass is 690 g/mol. The number of rotatable bonds is 2. The molecule has 7 heterocycles. The number of nitrogen functional groups attached to an aromatic ring is 2. The predicted molar refractivity (Wildman–Crippen MR) is 146 cm³/mol. The number of nitrogens with one attached hydrogen (secondary N) is 2. The zero-order valence-corrected chi connectivity index (χ0v) is 24.6. The Hall–Kier alpha value is -3.64. The van der Waals surface area contributed by atoms with Crippen molar-refractivity contribution in [3.63, 3.8) is 0 Å². The molecule has 24 nitrogen and oxygen atoms in total. The number of hydrogen-bond donors (Lipinski definition) is 8. The van der Waals surface area contributed by atoms with Gasteiger partial charge in [-0.25, -0.2) is 19.1 Å². The van der Waals surface area contributed by atoms with Crippen LogP contribution in [0.1, 0.15) is 12.5 Å². The Morgan fingerprint density at radius 2 is 1.24 bits per heavy atom. The van der Waals surface area contributed by atoms with E-state index in [9.17, 15) is 38.7 Å². The van der Waals surface area contributed by atoms with Gasteiger partial charge in [0.05, 0.1) is 25.9 Å². The number of anilines is 2. The molecule has 248 valence electrons. The topological polar surface area (TPSA) is 350 Å². The van der Waals surface area contributed by atoms with E-state index in [1.54, 1.807) is 0 Å². The molecule has 0 aliphatic carbocycles. The number of aromatic amines is 2. The van der Waals surface area contributed by atoms with E-state index < -0.39 is 89.1 Å². The fourth-order valence-electron chi connectivity index (χ4n) is 5.37. The van der Waals surface area contributed by atoms with Crippen molar-refractivity contribution in [1.29, 1.82) is 0 Å². The minimum absolute atomic E-state index is 0.126. The Balaban J connectivity index is 1.21. The van der Waals surface area contributed by atoms with Gasteiger partial charge in [0, 0.05) is 0 Å². The summed E-state index contributed by atoms with van der Waals surface area (Å²) >= 11 is 0. The molecule has 7 rings (SSSR count). The summed E-state index contributed by atoms with van der Waals surface area (Å²) in [6.07, 6.45) is -11.0. The Bertz CT molecular complexity index is 2050. The largest absolute Gasteiger partial charge is 0.472 e. The van der Waals surface area contributed by atoms with E-state index in [0.717, 1.165) is 21.8 Å². The number of fused-ring (bicyclic) bond motifs is 5. The Labute approximate surface area is 253 Å². The summed E-state index contributed by atoms with van der Waals surface area (Å²) < 4.78 is 60.7. The summed E-state index contributed by atoms with van der Waals surface area (Å²) in [5.41, 5.74) is 9.23. The second-order valence-corrected chi connectivity index (χ2v) is 13.1. The van der Waals surface area contributed by atoms with Crippen molar-refractivity contribution in [3.05, 3.63) is 33.4 Å². The van der Waals surface area contributed by atoms with Gasteiger partial charge in [0.2, 0.25) is 11.9 Å². The van der Waals surface area contributed by atoms with Gasteiger partial charge in [0.1, 0.15) is 36.6 Å². The SMILES string of the molecule is Nc1nc2c(ncn2[C@@H]2O[C@@H]3COP(=O)(O)O[C@@H]4[C@H](O)[C@@H](COP(=O)(O)O[C@H]3[C@H]2O)O[C@H]4n2cnc3c(=O)[nH]c(N)nc32)c(=O)[nH]1. The molecule has 3 aliphatic heterocycles. The summed E-state index contributed by atoms with van der Waals surface area (Å²) in [5, 5.41) is 22.1. The van der Waals surface area contributed by atoms with Crippen molar-refractivity contribution in [2.24, 2.45) is 0 Å². The van der Waals surface area contributed by atoms with Gasteiger partial charge in [-0.3, -0.25) is 46.8 Å². The van der Waals surface area contributed by atoms with Crippen LogP contribution in [-0.2, 0) is 36.7 Å². The summed E-state index contributed by atoms with van der Waals surface area (Å²) in [6.45, 7) is -1.74. The van der Waals surface area contributed by atoms with E-state index in [1.165, 1.54) is 0 Å². The smallest absolute Gasteiger partial charge is 0.387 e. The van der Waals surface area contributed by atoms with Gasteiger partial charge in [-0.05, 0) is 0 Å². The van der Waals surface area contributed by atoms with Crippen LogP contribution in [0.5, 0.6) is 0 Å². The number of H-pyrrole nitrogens is 2. The van der Waals surface area contributed by atoms with Gasteiger partial charge >= 0.3 is 15.6 Å². The second kappa shape index (κ2) is 11.0. The maximum absolute atomic E-state index is 13.2. The molecule has 0 amide bonds. The van der Waals surface area contributed by atoms with Crippen molar-refractivity contribution in [1.82, 2.24) is 39.0 Å². The molecular formula is C20H24N10O14P2. The average molecular weight is 690 g/mol. The number of phosphoric ester groups is 2. The molecule has 46 heavy (non-hydrogen) atoms. The lowest BCUT2D eigenvalue weighted by atomic mass is 10.1. The first-order valence-corrected chi connectivity index (χ1v) is 16.1. The highest BCUT2D eigenvalue weighted by Gasteiger charge is 2.54. The molecule has 0 saturated carbocycles. The van der Waals surface area contributed by atoms with Crippen LogP contribution in [0, 0.1) is 0 Å². The Morgan fingerprint density at radius 1 is 0.761 bits per heavy atom. The fourth-order valence-corrected chi connectivity index (χ4v) is 7.27. The Morgan fingerprint density at radius 3 is 1.80 bits per heavy atom. The third kappa shape index (κ3) is 5.33. The number of ether oxygens (including phenoxy) is 2. The zero-order valence-electron chi connectivity index (χ0n) is 22.8. The molecule has 0 aromatic carbocycles. The number of imidazole rings is 2. The average Bonchev–Trinajstić information content (AvgIpc) is 3.72. The third-order valence-electron chi connectivity index (χ3n) is 7.39. The number of nitrogens with zero attached hydrogens (tertiary/aromatic N) is 6. The normalized spacial score (nSPS) is 37.1. The molecule has 3 fully saturated rings. The number of phosphoric acid groups is 2. The number of aliphatic hydroxyl groups is 2. The highest BCUT2D eigenvalue weighted by molar-refractivity contribution is 7.47. The van der Waals surface area contributed by atoms with Gasteiger partial charge in [0.25, 0.3) is 11.1 Å². The van der Waals surface area contributed by atoms with E-state index in [4.69, 9.17) is 39.0 Å². The molecule has 0 radical (unpaired) electrons. The van der Waals surface area contributed by atoms with Crippen LogP contribution in [-0.4, -0.2) is 109 Å². The first kappa shape index (κ1) is 31.0. The van der Waals surface area contributed by atoms with Gasteiger partial charge in [-0.1, -0.05) is 0 Å². The van der Waals surface area contributed by atoms with Crippen molar-refractivity contribution >= 4 is 49.9 Å². The van der Waals surface area contributed by atoms with Crippen LogP contribution in [0.15, 0.2) is 22.2 Å². The molecule has 4 aromatic heterocycles. The fraction of sp³-hybridized carbons (Fsp3) is 0.500. The summed E-state index contributed by atoms with van der Waals surface area (Å²) in [5.74, 6) is -0.583. The minimum Gasteiger partial charge on any atom is -0.387 e. The van der Waals surface area contributed by atoms with Crippen LogP contribution >= 0.6 is 15.6 Å². The lowest BCUT2D eigenvalue weighted by Crippen LogP contribution is -2.36. The first-order valence-electron chi connectivity index (χ1n) is 13.1. The van der Waals surface area contributed by atoms with Crippen LogP contribution in [0.2, 0.25) is 0 Å². The lowest BCUT2D eigenvalue weighted by molar-refractivity contribution is -0.0672.